The zero-order chi connectivity index (χ0) is 9.97. The number of aromatic nitrogens is 2. The molecule has 14 heavy (non-hydrogen) atoms. The SMILES string of the molecule is O=C1CCOCC1c1c[nH]c(=O)cn1. The first kappa shape index (κ1) is 9.08. The van der Waals surface area contributed by atoms with Gasteiger partial charge in [-0.25, -0.2) is 0 Å². The second kappa shape index (κ2) is 3.71. The van der Waals surface area contributed by atoms with Crippen molar-refractivity contribution in [2.24, 2.45) is 0 Å². The first-order chi connectivity index (χ1) is 6.77. The van der Waals surface area contributed by atoms with E-state index in [2.05, 4.69) is 9.97 Å². The van der Waals surface area contributed by atoms with Crippen LogP contribution >= 0.6 is 0 Å². The van der Waals surface area contributed by atoms with Crippen LogP contribution in [-0.2, 0) is 9.53 Å². The number of Topliss-reactive ketones (excluding diaryl/α,β-unsaturated/α-hetero) is 1. The van der Waals surface area contributed by atoms with Gasteiger partial charge in [0.1, 0.15) is 5.78 Å². The summed E-state index contributed by atoms with van der Waals surface area (Å²) in [7, 11) is 0. The lowest BCUT2D eigenvalue weighted by Gasteiger charge is -2.19. The summed E-state index contributed by atoms with van der Waals surface area (Å²) in [4.78, 5) is 28.6. The normalized spacial score (nSPS) is 22.3. The molecule has 2 heterocycles. The van der Waals surface area contributed by atoms with Crippen LogP contribution in [0, 0.1) is 0 Å². The number of ketones is 1. The molecule has 5 nitrogen and oxygen atoms in total. The van der Waals surface area contributed by atoms with Crippen molar-refractivity contribution >= 4 is 5.78 Å². The third kappa shape index (κ3) is 1.72. The second-order valence-corrected chi connectivity index (χ2v) is 3.18. The number of carbonyl (C=O) groups is 1. The molecule has 74 valence electrons. The van der Waals surface area contributed by atoms with Crippen LogP contribution in [0.3, 0.4) is 0 Å². The van der Waals surface area contributed by atoms with E-state index in [0.29, 0.717) is 25.3 Å². The maximum atomic E-state index is 11.5. The van der Waals surface area contributed by atoms with Crippen LogP contribution in [0.4, 0.5) is 0 Å². The molecule has 1 fully saturated rings. The minimum atomic E-state index is -0.319. The van der Waals surface area contributed by atoms with E-state index in [4.69, 9.17) is 4.74 Å². The van der Waals surface area contributed by atoms with E-state index in [-0.39, 0.29) is 17.3 Å². The van der Waals surface area contributed by atoms with Crippen LogP contribution < -0.4 is 5.56 Å². The standard InChI is InChI=1S/C9H10N2O3/c12-8-1-2-14-5-6(8)7-3-11-9(13)4-10-7/h3-4,6H,1-2,5H2,(H,11,13). The molecule has 1 aromatic rings. The molecule has 0 bridgehead atoms. The lowest BCUT2D eigenvalue weighted by Crippen LogP contribution is -2.27. The summed E-state index contributed by atoms with van der Waals surface area (Å²) < 4.78 is 5.18. The van der Waals surface area contributed by atoms with Crippen molar-refractivity contribution in [2.45, 2.75) is 12.3 Å². The third-order valence-electron chi connectivity index (χ3n) is 2.22. The third-order valence-corrected chi connectivity index (χ3v) is 2.22. The second-order valence-electron chi connectivity index (χ2n) is 3.18. The maximum Gasteiger partial charge on any atom is 0.266 e. The Morgan fingerprint density at radius 3 is 3.00 bits per heavy atom. The van der Waals surface area contributed by atoms with Gasteiger partial charge in [0, 0.05) is 12.6 Å². The van der Waals surface area contributed by atoms with Crippen LogP contribution in [0.25, 0.3) is 0 Å². The number of carbonyl (C=O) groups excluding carboxylic acids is 1. The van der Waals surface area contributed by atoms with E-state index < -0.39 is 0 Å². The molecule has 1 atom stereocenters. The van der Waals surface area contributed by atoms with Crippen molar-refractivity contribution in [3.05, 3.63) is 28.4 Å². The first-order valence-electron chi connectivity index (χ1n) is 4.42. The van der Waals surface area contributed by atoms with Crippen molar-refractivity contribution in [3.63, 3.8) is 0 Å². The fraction of sp³-hybridized carbons (Fsp3) is 0.444. The van der Waals surface area contributed by atoms with Gasteiger partial charge < -0.3 is 9.72 Å². The molecule has 1 aliphatic rings. The Kier molecular flexibility index (Phi) is 2.41. The molecule has 1 saturated heterocycles. The van der Waals surface area contributed by atoms with Crippen molar-refractivity contribution in [1.82, 2.24) is 9.97 Å². The Bertz CT molecular complexity index is 379. The zero-order valence-corrected chi connectivity index (χ0v) is 7.53. The Labute approximate surface area is 80.1 Å². The van der Waals surface area contributed by atoms with Crippen molar-refractivity contribution in [3.8, 4) is 0 Å². The van der Waals surface area contributed by atoms with Gasteiger partial charge in [-0.15, -0.1) is 0 Å². The summed E-state index contributed by atoms with van der Waals surface area (Å²) in [6.07, 6.45) is 3.07. The molecule has 1 N–H and O–H groups in total. The van der Waals surface area contributed by atoms with E-state index in [1.54, 1.807) is 0 Å². The van der Waals surface area contributed by atoms with Gasteiger partial charge >= 0.3 is 0 Å². The van der Waals surface area contributed by atoms with Gasteiger partial charge in [0.15, 0.2) is 0 Å². The molecule has 0 aromatic carbocycles. The van der Waals surface area contributed by atoms with Crippen LogP contribution in [0.2, 0.25) is 0 Å². The minimum Gasteiger partial charge on any atom is -0.380 e. The van der Waals surface area contributed by atoms with Gasteiger partial charge in [-0.1, -0.05) is 0 Å². The summed E-state index contributed by atoms with van der Waals surface area (Å²) in [5.74, 6) is -0.198. The Morgan fingerprint density at radius 1 is 1.50 bits per heavy atom. The van der Waals surface area contributed by atoms with Crippen LogP contribution in [-0.4, -0.2) is 29.0 Å². The Balaban J connectivity index is 2.25. The van der Waals surface area contributed by atoms with Gasteiger partial charge in [-0.2, -0.15) is 0 Å². The average molecular weight is 194 g/mol. The molecule has 1 aliphatic heterocycles. The number of hydrogen-bond acceptors (Lipinski definition) is 4. The van der Waals surface area contributed by atoms with Gasteiger partial charge in [0.2, 0.25) is 0 Å². The predicted octanol–water partition coefficient (Wildman–Crippen LogP) is -0.157. The highest BCUT2D eigenvalue weighted by molar-refractivity contribution is 5.85. The van der Waals surface area contributed by atoms with E-state index >= 15 is 0 Å². The topological polar surface area (TPSA) is 72.1 Å². The smallest absolute Gasteiger partial charge is 0.266 e. The zero-order valence-electron chi connectivity index (χ0n) is 7.53. The van der Waals surface area contributed by atoms with Crippen molar-refractivity contribution in [2.75, 3.05) is 13.2 Å². The molecular formula is C9H10N2O3. The summed E-state index contributed by atoms with van der Waals surface area (Å²) in [6, 6.07) is 0. The Morgan fingerprint density at radius 2 is 2.36 bits per heavy atom. The van der Waals surface area contributed by atoms with E-state index in [9.17, 15) is 9.59 Å². The highest BCUT2D eigenvalue weighted by Gasteiger charge is 2.25. The highest BCUT2D eigenvalue weighted by Crippen LogP contribution is 2.18. The van der Waals surface area contributed by atoms with E-state index in [1.165, 1.54) is 12.4 Å². The van der Waals surface area contributed by atoms with Crippen molar-refractivity contribution < 1.29 is 9.53 Å². The number of aromatic amines is 1. The van der Waals surface area contributed by atoms with Gasteiger partial charge in [0.05, 0.1) is 31.0 Å². The number of nitrogens with one attached hydrogen (secondary N) is 1. The lowest BCUT2D eigenvalue weighted by atomic mass is 9.97. The number of rotatable bonds is 1. The first-order valence-corrected chi connectivity index (χ1v) is 4.42. The fourth-order valence-electron chi connectivity index (χ4n) is 1.43. The molecule has 1 unspecified atom stereocenters. The number of H-pyrrole nitrogens is 1. The lowest BCUT2D eigenvalue weighted by molar-refractivity contribution is -0.126. The van der Waals surface area contributed by atoms with Gasteiger partial charge in [-0.05, 0) is 0 Å². The van der Waals surface area contributed by atoms with Crippen LogP contribution in [0.5, 0.6) is 0 Å². The van der Waals surface area contributed by atoms with Crippen molar-refractivity contribution in [1.29, 1.82) is 0 Å². The van der Waals surface area contributed by atoms with Crippen LogP contribution in [0.15, 0.2) is 17.2 Å². The molecule has 1 aromatic heterocycles. The molecule has 0 spiro atoms. The summed E-state index contributed by atoms with van der Waals surface area (Å²) in [6.45, 7) is 0.844. The molecule has 5 heteroatoms. The number of hydrogen-bond donors (Lipinski definition) is 1. The largest absolute Gasteiger partial charge is 0.380 e. The molecule has 0 saturated carbocycles. The number of nitrogens with zero attached hydrogens (tertiary/aromatic N) is 1. The molecule has 2 rings (SSSR count). The molecule has 0 aliphatic carbocycles. The van der Waals surface area contributed by atoms with Gasteiger partial charge in [0.25, 0.3) is 5.56 Å². The van der Waals surface area contributed by atoms with E-state index in [0.717, 1.165) is 0 Å². The predicted molar refractivity (Wildman–Crippen MR) is 48.0 cm³/mol. The quantitative estimate of drug-likeness (QED) is 0.674. The van der Waals surface area contributed by atoms with Gasteiger partial charge in [-0.3, -0.25) is 14.6 Å². The Hall–Kier alpha value is -1.49. The number of ether oxygens (including phenoxy) is 1. The minimum absolute atomic E-state index is 0.121. The summed E-state index contributed by atoms with van der Waals surface area (Å²) in [5.41, 5.74) is 0.312. The molecule has 0 radical (unpaired) electrons. The summed E-state index contributed by atoms with van der Waals surface area (Å²) in [5, 5.41) is 0. The maximum absolute atomic E-state index is 11.5. The highest BCUT2D eigenvalue weighted by atomic mass is 16.5. The molecule has 0 amide bonds. The monoisotopic (exact) mass is 194 g/mol. The van der Waals surface area contributed by atoms with Crippen LogP contribution in [0.1, 0.15) is 18.0 Å². The summed E-state index contributed by atoms with van der Waals surface area (Å²) >= 11 is 0. The fourth-order valence-corrected chi connectivity index (χ4v) is 1.43. The average Bonchev–Trinajstić information content (AvgIpc) is 2.20. The molecular weight excluding hydrogens is 184 g/mol. The van der Waals surface area contributed by atoms with E-state index in [1.807, 2.05) is 0 Å².